The van der Waals surface area contributed by atoms with Crippen molar-refractivity contribution in [2.75, 3.05) is 18.4 Å². The van der Waals surface area contributed by atoms with Crippen molar-refractivity contribution in [1.82, 2.24) is 23.9 Å². The minimum atomic E-state index is -3.31. The van der Waals surface area contributed by atoms with Crippen molar-refractivity contribution in [3.05, 3.63) is 76.8 Å². The fraction of sp³-hybridized carbons (Fsp3) is 0.444. The zero-order chi connectivity index (χ0) is 25.4. The maximum atomic E-state index is 13.6. The van der Waals surface area contributed by atoms with E-state index in [1.807, 2.05) is 18.3 Å². The van der Waals surface area contributed by atoms with Crippen LogP contribution < -0.4 is 5.32 Å². The Morgan fingerprint density at radius 2 is 1.86 bits per heavy atom. The Bertz CT molecular complexity index is 1430. The van der Waals surface area contributed by atoms with Gasteiger partial charge in [0, 0.05) is 49.7 Å². The number of nitrogens with zero attached hydrogens (tertiary/aromatic N) is 5. The van der Waals surface area contributed by atoms with Crippen LogP contribution in [0.1, 0.15) is 49.3 Å². The predicted octanol–water partition coefficient (Wildman–Crippen LogP) is 4.92. The summed E-state index contributed by atoms with van der Waals surface area (Å²) in [6, 6.07) is 6.01. The monoisotopic (exact) mass is 582 g/mol. The normalized spacial score (nSPS) is 24.8. The number of piperidine rings is 1. The van der Waals surface area contributed by atoms with Crippen LogP contribution in [0.3, 0.4) is 0 Å². The van der Waals surface area contributed by atoms with Crippen LogP contribution in [0.4, 0.5) is 5.82 Å². The number of nitrogens with one attached hydrogen (secondary N) is 1. The molecule has 8 nitrogen and oxygen atoms in total. The summed E-state index contributed by atoms with van der Waals surface area (Å²) in [4.78, 5) is 9.11. The number of aromatic nitrogens is 4. The molecule has 1 N–H and O–H groups in total. The fourth-order valence-electron chi connectivity index (χ4n) is 5.94. The van der Waals surface area contributed by atoms with Gasteiger partial charge in [-0.2, -0.15) is 9.61 Å². The van der Waals surface area contributed by atoms with E-state index >= 15 is 0 Å². The first kappa shape index (κ1) is 24.8. The molecule has 0 amide bonds. The topological polar surface area (TPSA) is 92.5 Å². The first-order valence-electron chi connectivity index (χ1n) is 13.0. The van der Waals surface area contributed by atoms with Crippen molar-refractivity contribution in [2.45, 2.75) is 49.8 Å². The Labute approximate surface area is 226 Å². The summed E-state index contributed by atoms with van der Waals surface area (Å²) in [7, 11) is -3.31. The van der Waals surface area contributed by atoms with Crippen molar-refractivity contribution in [1.29, 1.82) is 0 Å². The van der Waals surface area contributed by atoms with Crippen LogP contribution in [0.5, 0.6) is 0 Å². The Kier molecular flexibility index (Phi) is 6.89. The van der Waals surface area contributed by atoms with Gasteiger partial charge >= 0.3 is 0 Å². The third-order valence-corrected chi connectivity index (χ3v) is 10.9. The molecule has 0 radical (unpaired) electrons. The highest BCUT2D eigenvalue weighted by Crippen LogP contribution is 2.39. The van der Waals surface area contributed by atoms with Gasteiger partial charge < -0.3 is 5.32 Å². The van der Waals surface area contributed by atoms with E-state index in [4.69, 9.17) is 4.98 Å². The number of hydrogen-bond donors (Lipinski definition) is 1. The van der Waals surface area contributed by atoms with E-state index < -0.39 is 10.0 Å². The quantitative estimate of drug-likeness (QED) is 0.443. The molecule has 0 bridgehead atoms. The highest BCUT2D eigenvalue weighted by Gasteiger charge is 2.40. The van der Waals surface area contributed by atoms with E-state index in [0.29, 0.717) is 31.5 Å². The van der Waals surface area contributed by atoms with Gasteiger partial charge in [0.1, 0.15) is 5.82 Å². The number of pyridine rings is 1. The number of fused-ring (bicyclic) bond motifs is 2. The number of anilines is 1. The Morgan fingerprint density at radius 1 is 1.05 bits per heavy atom. The molecule has 0 spiro atoms. The molecule has 4 heterocycles. The summed E-state index contributed by atoms with van der Waals surface area (Å²) >= 11 is 3.58. The van der Waals surface area contributed by atoms with E-state index in [-0.39, 0.29) is 11.2 Å². The molecule has 3 aliphatic rings. The van der Waals surface area contributed by atoms with Gasteiger partial charge in [-0.15, -0.1) is 0 Å². The van der Waals surface area contributed by atoms with E-state index in [1.54, 1.807) is 21.2 Å². The van der Waals surface area contributed by atoms with E-state index in [0.717, 1.165) is 59.3 Å². The SMILES string of the molecule is O=S(=O)(C1CCC2C=CC=CC2C1)N1CCC(c2cc(NCc3cccnc3)n3ncc(Br)c3n2)CC1. The van der Waals surface area contributed by atoms with Crippen LogP contribution in [-0.4, -0.2) is 50.6 Å². The third kappa shape index (κ3) is 4.98. The van der Waals surface area contributed by atoms with E-state index in [1.165, 1.54) is 0 Å². The number of hydrogen-bond acceptors (Lipinski definition) is 6. The lowest BCUT2D eigenvalue weighted by Crippen LogP contribution is -2.45. The van der Waals surface area contributed by atoms with Gasteiger partial charge in [0.05, 0.1) is 15.9 Å². The summed E-state index contributed by atoms with van der Waals surface area (Å²) in [6.45, 7) is 1.70. The van der Waals surface area contributed by atoms with E-state index in [2.05, 4.69) is 61.7 Å². The molecule has 1 aliphatic heterocycles. The molecule has 37 heavy (non-hydrogen) atoms. The molecule has 194 valence electrons. The van der Waals surface area contributed by atoms with Gasteiger partial charge in [0.15, 0.2) is 5.65 Å². The van der Waals surface area contributed by atoms with Crippen molar-refractivity contribution in [2.24, 2.45) is 11.8 Å². The van der Waals surface area contributed by atoms with E-state index in [9.17, 15) is 8.42 Å². The number of allylic oxidation sites excluding steroid dienone is 4. The summed E-state index contributed by atoms with van der Waals surface area (Å²) in [5, 5.41) is 7.68. The smallest absolute Gasteiger partial charge is 0.217 e. The second-order valence-corrected chi connectivity index (χ2v) is 13.3. The number of halogens is 1. The van der Waals surface area contributed by atoms with Gasteiger partial charge in [-0.25, -0.2) is 17.7 Å². The lowest BCUT2D eigenvalue weighted by Gasteiger charge is -2.38. The molecule has 1 saturated heterocycles. The minimum Gasteiger partial charge on any atom is -0.366 e. The molecule has 1 saturated carbocycles. The molecule has 3 aromatic rings. The van der Waals surface area contributed by atoms with Crippen molar-refractivity contribution in [3.63, 3.8) is 0 Å². The van der Waals surface area contributed by atoms with Crippen LogP contribution >= 0.6 is 15.9 Å². The molecular formula is C27H31BrN6O2S. The van der Waals surface area contributed by atoms with Gasteiger partial charge in [0.2, 0.25) is 10.0 Å². The summed E-state index contributed by atoms with van der Waals surface area (Å²) in [5.74, 6) is 1.89. The highest BCUT2D eigenvalue weighted by molar-refractivity contribution is 9.10. The molecule has 3 atom stereocenters. The molecule has 3 aromatic heterocycles. The first-order chi connectivity index (χ1) is 18.0. The second-order valence-electron chi connectivity index (χ2n) is 10.3. The maximum absolute atomic E-state index is 13.6. The number of rotatable bonds is 6. The summed E-state index contributed by atoms with van der Waals surface area (Å²) in [6.07, 6.45) is 17.9. The van der Waals surface area contributed by atoms with Crippen LogP contribution in [0.25, 0.3) is 5.65 Å². The average Bonchev–Trinajstić information content (AvgIpc) is 3.32. The zero-order valence-corrected chi connectivity index (χ0v) is 23.0. The lowest BCUT2D eigenvalue weighted by atomic mass is 9.77. The zero-order valence-electron chi connectivity index (χ0n) is 20.6. The van der Waals surface area contributed by atoms with Gasteiger partial charge in [-0.1, -0.05) is 30.4 Å². The van der Waals surface area contributed by atoms with Crippen LogP contribution in [0.15, 0.2) is 65.6 Å². The summed E-state index contributed by atoms with van der Waals surface area (Å²) in [5.41, 5.74) is 2.80. The lowest BCUT2D eigenvalue weighted by molar-refractivity contribution is 0.291. The van der Waals surface area contributed by atoms with Crippen molar-refractivity contribution >= 4 is 37.4 Å². The molecule has 2 aliphatic carbocycles. The molecule has 0 aromatic carbocycles. The fourth-order valence-corrected chi connectivity index (χ4v) is 8.32. The summed E-state index contributed by atoms with van der Waals surface area (Å²) < 4.78 is 31.5. The second kappa shape index (κ2) is 10.3. The van der Waals surface area contributed by atoms with Gasteiger partial charge in [-0.05, 0) is 71.5 Å². The van der Waals surface area contributed by atoms with Crippen LogP contribution in [0, 0.1) is 11.8 Å². The molecule has 3 unspecified atom stereocenters. The molecule has 6 rings (SSSR count). The maximum Gasteiger partial charge on any atom is 0.217 e. The molecule has 2 fully saturated rings. The van der Waals surface area contributed by atoms with Gasteiger partial charge in [0.25, 0.3) is 0 Å². The van der Waals surface area contributed by atoms with Crippen LogP contribution in [0.2, 0.25) is 0 Å². The Morgan fingerprint density at radius 3 is 2.65 bits per heavy atom. The predicted molar refractivity (Wildman–Crippen MR) is 148 cm³/mol. The average molecular weight is 584 g/mol. The van der Waals surface area contributed by atoms with Crippen LogP contribution in [-0.2, 0) is 16.6 Å². The highest BCUT2D eigenvalue weighted by atomic mass is 79.9. The minimum absolute atomic E-state index is 0.194. The number of sulfonamides is 1. The largest absolute Gasteiger partial charge is 0.366 e. The molecule has 10 heteroatoms. The van der Waals surface area contributed by atoms with Crippen molar-refractivity contribution < 1.29 is 8.42 Å². The molecular weight excluding hydrogens is 552 g/mol. The van der Waals surface area contributed by atoms with Crippen molar-refractivity contribution in [3.8, 4) is 0 Å². The van der Waals surface area contributed by atoms with Gasteiger partial charge in [-0.3, -0.25) is 4.98 Å². The standard InChI is InChI=1S/C27H31BrN6O2S/c28-24-18-31-34-26(30-17-19-4-3-11-29-16-19)15-25(32-27(24)34)21-9-12-33(13-10-21)37(35,36)23-8-7-20-5-1-2-6-22(20)14-23/h1-6,11,15-16,18,20-23,30H,7-10,12-14,17H2. The third-order valence-electron chi connectivity index (χ3n) is 8.03. The Balaban J connectivity index is 1.16. The first-order valence-corrected chi connectivity index (χ1v) is 15.3. The Hall–Kier alpha value is -2.56.